The molecule has 17 heavy (non-hydrogen) atoms. The van der Waals surface area contributed by atoms with Crippen LogP contribution in [-0.2, 0) is 5.54 Å². The Morgan fingerprint density at radius 2 is 2.12 bits per heavy atom. The molecule has 0 saturated carbocycles. The zero-order valence-corrected chi connectivity index (χ0v) is 10.8. The number of hydrogen-bond acceptors (Lipinski definition) is 2. The van der Waals surface area contributed by atoms with Crippen LogP contribution in [0.1, 0.15) is 32.8 Å². The second-order valence-corrected chi connectivity index (χ2v) is 4.99. The van der Waals surface area contributed by atoms with Gasteiger partial charge >= 0.3 is 0 Å². The molecule has 2 unspecified atom stereocenters. The molecule has 2 N–H and O–H groups in total. The van der Waals surface area contributed by atoms with Crippen molar-refractivity contribution >= 4 is 10.8 Å². The number of pyridine rings is 1. The zero-order chi connectivity index (χ0) is 12.5. The van der Waals surface area contributed by atoms with Crippen molar-refractivity contribution in [3.05, 3.63) is 42.2 Å². The molecular formula is C15H20N2. The van der Waals surface area contributed by atoms with E-state index in [1.165, 1.54) is 10.9 Å². The third-order valence-electron chi connectivity index (χ3n) is 3.90. The van der Waals surface area contributed by atoms with Crippen LogP contribution in [0.4, 0.5) is 0 Å². The lowest BCUT2D eigenvalue weighted by molar-refractivity contribution is 0.318. The van der Waals surface area contributed by atoms with Crippen molar-refractivity contribution in [3.63, 3.8) is 0 Å². The first-order chi connectivity index (χ1) is 8.07. The average molecular weight is 228 g/mol. The Bertz CT molecular complexity index is 512. The molecule has 90 valence electrons. The maximum atomic E-state index is 6.54. The molecular weight excluding hydrogens is 208 g/mol. The van der Waals surface area contributed by atoms with E-state index in [2.05, 4.69) is 50.0 Å². The van der Waals surface area contributed by atoms with Gasteiger partial charge in [-0.25, -0.2) is 0 Å². The molecule has 0 bridgehead atoms. The fourth-order valence-corrected chi connectivity index (χ4v) is 2.28. The molecule has 2 nitrogen and oxygen atoms in total. The Morgan fingerprint density at radius 1 is 1.35 bits per heavy atom. The van der Waals surface area contributed by atoms with Gasteiger partial charge in [-0.15, -0.1) is 0 Å². The molecule has 2 heteroatoms. The lowest BCUT2D eigenvalue weighted by Gasteiger charge is -2.32. The lowest BCUT2D eigenvalue weighted by atomic mass is 9.78. The Labute approximate surface area is 103 Å². The molecule has 1 aromatic heterocycles. The predicted molar refractivity (Wildman–Crippen MR) is 72.7 cm³/mol. The van der Waals surface area contributed by atoms with Gasteiger partial charge in [0.15, 0.2) is 0 Å². The highest BCUT2D eigenvalue weighted by Gasteiger charge is 2.28. The summed E-state index contributed by atoms with van der Waals surface area (Å²) >= 11 is 0. The van der Waals surface area contributed by atoms with Gasteiger partial charge in [-0.3, -0.25) is 4.98 Å². The van der Waals surface area contributed by atoms with E-state index in [1.807, 2.05) is 12.4 Å². The molecule has 0 radical (unpaired) electrons. The number of nitrogens with two attached hydrogens (primary N) is 1. The van der Waals surface area contributed by atoms with E-state index in [0.717, 1.165) is 11.8 Å². The van der Waals surface area contributed by atoms with Gasteiger partial charge in [-0.2, -0.15) is 0 Å². The van der Waals surface area contributed by atoms with Crippen LogP contribution in [-0.4, -0.2) is 4.98 Å². The zero-order valence-electron chi connectivity index (χ0n) is 10.8. The fourth-order valence-electron chi connectivity index (χ4n) is 2.28. The highest BCUT2D eigenvalue weighted by atomic mass is 14.7. The third-order valence-corrected chi connectivity index (χ3v) is 3.90. The van der Waals surface area contributed by atoms with Gasteiger partial charge in [0.1, 0.15) is 0 Å². The summed E-state index contributed by atoms with van der Waals surface area (Å²) in [7, 11) is 0. The minimum absolute atomic E-state index is 0.296. The van der Waals surface area contributed by atoms with Crippen LogP contribution >= 0.6 is 0 Å². The normalized spacial score (nSPS) is 16.7. The van der Waals surface area contributed by atoms with Crippen molar-refractivity contribution in [2.45, 2.75) is 32.7 Å². The summed E-state index contributed by atoms with van der Waals surface area (Å²) in [6.45, 7) is 6.51. The number of hydrogen-bond donors (Lipinski definition) is 1. The summed E-state index contributed by atoms with van der Waals surface area (Å²) in [6.07, 6.45) is 4.80. The van der Waals surface area contributed by atoms with Crippen LogP contribution in [0.2, 0.25) is 0 Å². The van der Waals surface area contributed by atoms with Crippen LogP contribution in [0.15, 0.2) is 36.7 Å². The van der Waals surface area contributed by atoms with E-state index in [4.69, 9.17) is 5.73 Å². The number of benzene rings is 1. The third kappa shape index (κ3) is 2.05. The van der Waals surface area contributed by atoms with Gasteiger partial charge in [-0.1, -0.05) is 38.5 Å². The van der Waals surface area contributed by atoms with E-state index >= 15 is 0 Å². The van der Waals surface area contributed by atoms with E-state index in [-0.39, 0.29) is 5.54 Å². The molecule has 1 aromatic carbocycles. The first-order valence-corrected chi connectivity index (χ1v) is 6.19. The summed E-state index contributed by atoms with van der Waals surface area (Å²) in [4.78, 5) is 4.16. The summed E-state index contributed by atoms with van der Waals surface area (Å²) in [5.41, 5.74) is 7.46. The van der Waals surface area contributed by atoms with E-state index in [1.54, 1.807) is 0 Å². The van der Waals surface area contributed by atoms with E-state index in [0.29, 0.717) is 5.92 Å². The molecule has 2 rings (SSSR count). The molecule has 0 spiro atoms. The van der Waals surface area contributed by atoms with Gasteiger partial charge in [0.2, 0.25) is 0 Å². The first kappa shape index (κ1) is 12.1. The molecule has 0 aliphatic carbocycles. The predicted octanol–water partition coefficient (Wildman–Crippen LogP) is 3.45. The van der Waals surface area contributed by atoms with Crippen molar-refractivity contribution in [3.8, 4) is 0 Å². The SMILES string of the molecule is CCC(C)C(C)(N)c1cccc2cnccc12. The Hall–Kier alpha value is -1.41. The minimum atomic E-state index is -0.296. The molecule has 2 atom stereocenters. The first-order valence-electron chi connectivity index (χ1n) is 6.19. The summed E-state index contributed by atoms with van der Waals surface area (Å²) in [6, 6.07) is 8.33. The molecule has 0 aliphatic rings. The van der Waals surface area contributed by atoms with Crippen molar-refractivity contribution in [2.75, 3.05) is 0 Å². The van der Waals surface area contributed by atoms with Gasteiger partial charge in [0, 0.05) is 23.3 Å². The van der Waals surface area contributed by atoms with Crippen molar-refractivity contribution in [1.29, 1.82) is 0 Å². The standard InChI is InChI=1S/C15H20N2/c1-4-11(2)15(3,16)14-7-5-6-12-10-17-9-8-13(12)14/h5-11H,4,16H2,1-3H3. The minimum Gasteiger partial charge on any atom is -0.321 e. The molecule has 0 fully saturated rings. The summed E-state index contributed by atoms with van der Waals surface area (Å²) in [5, 5.41) is 2.37. The Morgan fingerprint density at radius 3 is 2.82 bits per heavy atom. The molecule has 0 amide bonds. The smallest absolute Gasteiger partial charge is 0.0413 e. The van der Waals surface area contributed by atoms with Gasteiger partial charge in [0.25, 0.3) is 0 Å². The quantitative estimate of drug-likeness (QED) is 0.873. The van der Waals surface area contributed by atoms with Gasteiger partial charge < -0.3 is 5.73 Å². The van der Waals surface area contributed by atoms with Crippen molar-refractivity contribution in [2.24, 2.45) is 11.7 Å². The maximum Gasteiger partial charge on any atom is 0.0413 e. The summed E-state index contributed by atoms with van der Waals surface area (Å²) < 4.78 is 0. The fraction of sp³-hybridized carbons (Fsp3) is 0.400. The number of fused-ring (bicyclic) bond motifs is 1. The topological polar surface area (TPSA) is 38.9 Å². The lowest BCUT2D eigenvalue weighted by Crippen LogP contribution is -2.39. The second-order valence-electron chi connectivity index (χ2n) is 4.99. The highest BCUT2D eigenvalue weighted by Crippen LogP contribution is 2.33. The largest absolute Gasteiger partial charge is 0.321 e. The van der Waals surface area contributed by atoms with Crippen LogP contribution in [0, 0.1) is 5.92 Å². The Balaban J connectivity index is 2.63. The molecule has 1 heterocycles. The number of aromatic nitrogens is 1. The average Bonchev–Trinajstić information content (AvgIpc) is 2.37. The van der Waals surface area contributed by atoms with Crippen LogP contribution < -0.4 is 5.73 Å². The van der Waals surface area contributed by atoms with E-state index < -0.39 is 0 Å². The maximum absolute atomic E-state index is 6.54. The number of nitrogens with zero attached hydrogens (tertiary/aromatic N) is 1. The van der Waals surface area contributed by atoms with Gasteiger partial charge in [0.05, 0.1) is 0 Å². The van der Waals surface area contributed by atoms with E-state index in [9.17, 15) is 0 Å². The van der Waals surface area contributed by atoms with Crippen LogP contribution in [0.25, 0.3) is 10.8 Å². The highest BCUT2D eigenvalue weighted by molar-refractivity contribution is 5.85. The van der Waals surface area contributed by atoms with Crippen LogP contribution in [0.3, 0.4) is 0 Å². The summed E-state index contributed by atoms with van der Waals surface area (Å²) in [5.74, 6) is 0.446. The van der Waals surface area contributed by atoms with Crippen molar-refractivity contribution in [1.82, 2.24) is 4.98 Å². The molecule has 0 saturated heterocycles. The monoisotopic (exact) mass is 228 g/mol. The van der Waals surface area contributed by atoms with Crippen LogP contribution in [0.5, 0.6) is 0 Å². The number of rotatable bonds is 3. The molecule has 2 aromatic rings. The Kier molecular flexibility index (Phi) is 3.16. The molecule has 0 aliphatic heterocycles. The second kappa shape index (κ2) is 4.46. The van der Waals surface area contributed by atoms with Crippen molar-refractivity contribution < 1.29 is 0 Å². The van der Waals surface area contributed by atoms with Gasteiger partial charge in [-0.05, 0) is 29.9 Å².